The van der Waals surface area contributed by atoms with Crippen LogP contribution in [0.3, 0.4) is 0 Å². The van der Waals surface area contributed by atoms with Gasteiger partial charge < -0.3 is 20.8 Å². The molecular formula is C23H18F2N4O3. The molecule has 32 heavy (non-hydrogen) atoms. The highest BCUT2D eigenvalue weighted by molar-refractivity contribution is 6.10. The highest BCUT2D eigenvalue weighted by atomic mass is 19.1. The van der Waals surface area contributed by atoms with Gasteiger partial charge in [-0.05, 0) is 60.5 Å². The van der Waals surface area contributed by atoms with Crippen LogP contribution in [0.25, 0.3) is 11.0 Å². The van der Waals surface area contributed by atoms with Crippen molar-refractivity contribution in [2.24, 2.45) is 5.73 Å². The average molecular weight is 436 g/mol. The van der Waals surface area contributed by atoms with Crippen molar-refractivity contribution in [2.45, 2.75) is 12.8 Å². The van der Waals surface area contributed by atoms with E-state index >= 15 is 0 Å². The Morgan fingerprint density at radius 1 is 1.09 bits per heavy atom. The summed E-state index contributed by atoms with van der Waals surface area (Å²) in [6, 6.07) is 10.8. The molecule has 0 bridgehead atoms. The minimum Gasteiger partial charge on any atom is -0.453 e. The number of fused-ring (bicyclic) bond motifs is 1. The van der Waals surface area contributed by atoms with Crippen molar-refractivity contribution in [2.75, 3.05) is 5.32 Å². The average Bonchev–Trinajstić information content (AvgIpc) is 3.22. The number of carbonyl (C=O) groups excluding carboxylic acids is 2. The zero-order valence-electron chi connectivity index (χ0n) is 16.9. The molecule has 4 aromatic rings. The zero-order chi connectivity index (χ0) is 22.8. The summed E-state index contributed by atoms with van der Waals surface area (Å²) in [6.07, 6.45) is 3.20. The number of hydrogen-bond acceptors (Lipinski definition) is 4. The number of H-pyrrole nitrogens is 1. The van der Waals surface area contributed by atoms with Crippen molar-refractivity contribution >= 4 is 28.5 Å². The summed E-state index contributed by atoms with van der Waals surface area (Å²) in [5, 5.41) is 3.20. The van der Waals surface area contributed by atoms with Crippen LogP contribution in [-0.2, 0) is 9.59 Å². The van der Waals surface area contributed by atoms with Gasteiger partial charge in [-0.1, -0.05) is 6.07 Å². The largest absolute Gasteiger partial charge is 0.453 e. The highest BCUT2D eigenvalue weighted by Crippen LogP contribution is 2.32. The van der Waals surface area contributed by atoms with Crippen molar-refractivity contribution in [1.82, 2.24) is 9.97 Å². The molecule has 0 aliphatic heterocycles. The minimum absolute atomic E-state index is 0.0566. The van der Waals surface area contributed by atoms with Crippen LogP contribution in [0.1, 0.15) is 17.0 Å². The van der Waals surface area contributed by atoms with Gasteiger partial charge in [0.2, 0.25) is 11.8 Å². The lowest BCUT2D eigenvalue weighted by Crippen LogP contribution is -2.32. The highest BCUT2D eigenvalue weighted by Gasteiger charge is 2.28. The van der Waals surface area contributed by atoms with E-state index in [9.17, 15) is 18.4 Å². The number of carbonyl (C=O) groups is 2. The molecule has 4 N–H and O–H groups in total. The van der Waals surface area contributed by atoms with E-state index in [-0.39, 0.29) is 11.3 Å². The number of aryl methyl sites for hydroxylation is 1. The first-order valence-electron chi connectivity index (χ1n) is 9.59. The molecule has 2 heterocycles. The van der Waals surface area contributed by atoms with Gasteiger partial charge in [0.15, 0.2) is 11.6 Å². The van der Waals surface area contributed by atoms with Crippen molar-refractivity contribution in [3.05, 3.63) is 83.7 Å². The maximum atomic E-state index is 14.8. The first-order valence-corrected chi connectivity index (χ1v) is 9.59. The number of hydrogen-bond donors (Lipinski definition) is 3. The third-order valence-corrected chi connectivity index (χ3v) is 4.92. The number of nitrogens with zero attached hydrogens (tertiary/aromatic N) is 1. The number of rotatable bonds is 6. The van der Waals surface area contributed by atoms with Gasteiger partial charge in [-0.25, -0.2) is 13.8 Å². The molecule has 0 radical (unpaired) electrons. The number of primary amides is 1. The number of aromatic nitrogens is 2. The maximum Gasteiger partial charge on any atom is 0.241 e. The summed E-state index contributed by atoms with van der Waals surface area (Å²) in [7, 11) is 0. The van der Waals surface area contributed by atoms with Crippen LogP contribution in [0.5, 0.6) is 11.5 Å². The van der Waals surface area contributed by atoms with E-state index in [1.54, 1.807) is 25.3 Å². The van der Waals surface area contributed by atoms with Gasteiger partial charge in [0, 0.05) is 18.1 Å². The number of amides is 2. The second kappa shape index (κ2) is 8.46. The first-order chi connectivity index (χ1) is 15.3. The van der Waals surface area contributed by atoms with E-state index in [0.717, 1.165) is 6.07 Å². The molecular weight excluding hydrogens is 418 g/mol. The second-order valence-corrected chi connectivity index (χ2v) is 7.12. The lowest BCUT2D eigenvalue weighted by Gasteiger charge is -2.16. The molecule has 0 aliphatic carbocycles. The first kappa shape index (κ1) is 21.0. The molecule has 9 heteroatoms. The molecule has 0 spiro atoms. The standard InChI is InChI=1S/C23H18F2N4O3/c1-12-10-14(24)3-4-17(12)29-23(31)20(21(26)30)13-2-5-19(16(25)11-13)32-18-7-9-28-22-15(18)6-8-27-22/h2-11,20H,1H3,(H2,26,30)(H,27,28)(H,29,31). The van der Waals surface area contributed by atoms with E-state index in [0.29, 0.717) is 28.0 Å². The predicted octanol–water partition coefficient (Wildman–Crippen LogP) is 4.15. The van der Waals surface area contributed by atoms with Gasteiger partial charge in [-0.2, -0.15) is 0 Å². The molecule has 0 saturated heterocycles. The summed E-state index contributed by atoms with van der Waals surface area (Å²) in [6.45, 7) is 1.60. The maximum absolute atomic E-state index is 14.8. The number of nitrogens with two attached hydrogens (primary N) is 1. The molecule has 7 nitrogen and oxygen atoms in total. The smallest absolute Gasteiger partial charge is 0.241 e. The van der Waals surface area contributed by atoms with E-state index in [4.69, 9.17) is 10.5 Å². The molecule has 2 aromatic carbocycles. The molecule has 0 fully saturated rings. The van der Waals surface area contributed by atoms with E-state index in [2.05, 4.69) is 15.3 Å². The number of benzene rings is 2. The number of halogens is 2. The fraction of sp³-hybridized carbons (Fsp3) is 0.0870. The number of ether oxygens (including phenoxy) is 1. The summed E-state index contributed by atoms with van der Waals surface area (Å²) in [5.74, 6) is -4.13. The van der Waals surface area contributed by atoms with Crippen molar-refractivity contribution < 1.29 is 23.1 Å². The lowest BCUT2D eigenvalue weighted by atomic mass is 9.96. The Kier molecular flexibility index (Phi) is 5.55. The quantitative estimate of drug-likeness (QED) is 0.395. The Hall–Kier alpha value is -4.27. The molecule has 162 valence electrons. The van der Waals surface area contributed by atoms with E-state index < -0.39 is 29.4 Å². The fourth-order valence-corrected chi connectivity index (χ4v) is 3.34. The van der Waals surface area contributed by atoms with Gasteiger partial charge >= 0.3 is 0 Å². The number of nitrogens with one attached hydrogen (secondary N) is 2. The van der Waals surface area contributed by atoms with Crippen molar-refractivity contribution in [3.8, 4) is 11.5 Å². The Bertz CT molecular complexity index is 1340. The van der Waals surface area contributed by atoms with Crippen LogP contribution in [0.2, 0.25) is 0 Å². The van der Waals surface area contributed by atoms with Crippen molar-refractivity contribution in [1.29, 1.82) is 0 Å². The summed E-state index contributed by atoms with van der Waals surface area (Å²) in [4.78, 5) is 31.8. The van der Waals surface area contributed by atoms with Crippen LogP contribution < -0.4 is 15.8 Å². The third-order valence-electron chi connectivity index (χ3n) is 4.92. The van der Waals surface area contributed by atoms with Gasteiger partial charge in [-0.15, -0.1) is 0 Å². The molecule has 1 atom stereocenters. The third kappa shape index (κ3) is 4.13. The van der Waals surface area contributed by atoms with Crippen LogP contribution in [0.4, 0.5) is 14.5 Å². The number of pyridine rings is 1. The van der Waals surface area contributed by atoms with Crippen LogP contribution in [-0.4, -0.2) is 21.8 Å². The van der Waals surface area contributed by atoms with Crippen LogP contribution >= 0.6 is 0 Å². The Morgan fingerprint density at radius 3 is 2.62 bits per heavy atom. The molecule has 2 aromatic heterocycles. The summed E-state index contributed by atoms with van der Waals surface area (Å²) >= 11 is 0. The Balaban J connectivity index is 1.59. The topological polar surface area (TPSA) is 110 Å². The van der Waals surface area contributed by atoms with Crippen LogP contribution in [0, 0.1) is 18.6 Å². The summed E-state index contributed by atoms with van der Waals surface area (Å²) < 4.78 is 33.8. The van der Waals surface area contributed by atoms with Crippen molar-refractivity contribution in [3.63, 3.8) is 0 Å². The second-order valence-electron chi connectivity index (χ2n) is 7.12. The van der Waals surface area contributed by atoms with E-state index in [1.807, 2.05) is 0 Å². The van der Waals surface area contributed by atoms with Gasteiger partial charge in [0.1, 0.15) is 23.1 Å². The van der Waals surface area contributed by atoms with Gasteiger partial charge in [0.25, 0.3) is 0 Å². The van der Waals surface area contributed by atoms with E-state index in [1.165, 1.54) is 36.5 Å². The number of aromatic amines is 1. The molecule has 1 unspecified atom stereocenters. The fourth-order valence-electron chi connectivity index (χ4n) is 3.34. The molecule has 2 amide bonds. The molecule has 0 saturated carbocycles. The SMILES string of the molecule is Cc1cc(F)ccc1NC(=O)C(C(N)=O)c1ccc(Oc2ccnc3[nH]ccc23)c(F)c1. The monoisotopic (exact) mass is 436 g/mol. The zero-order valence-corrected chi connectivity index (χ0v) is 16.9. The molecule has 4 rings (SSSR count). The van der Waals surface area contributed by atoms with Gasteiger partial charge in [0.05, 0.1) is 5.39 Å². The number of anilines is 1. The van der Waals surface area contributed by atoms with Gasteiger partial charge in [-0.3, -0.25) is 9.59 Å². The van der Waals surface area contributed by atoms with Crippen LogP contribution in [0.15, 0.2) is 60.9 Å². The summed E-state index contributed by atoms with van der Waals surface area (Å²) in [5.41, 5.74) is 6.84. The lowest BCUT2D eigenvalue weighted by molar-refractivity contribution is -0.127. The Labute approximate surface area is 181 Å². The molecule has 0 aliphatic rings. The minimum atomic E-state index is -1.46. The normalized spacial score (nSPS) is 11.8. The Morgan fingerprint density at radius 2 is 1.91 bits per heavy atom. The predicted molar refractivity (Wildman–Crippen MR) is 114 cm³/mol.